The number of nitrogens with zero attached hydrogens (tertiary/aromatic N) is 2. The summed E-state index contributed by atoms with van der Waals surface area (Å²) in [4.78, 5) is 10.9. The molecular formula is C8H8N2S2. The maximum Gasteiger partial charge on any atom is 0.135 e. The molecule has 2 heterocycles. The predicted octanol–water partition coefficient (Wildman–Crippen LogP) is 2.88. The highest BCUT2D eigenvalue weighted by atomic mass is 32.1. The summed E-state index contributed by atoms with van der Waals surface area (Å²) in [6.07, 6.45) is 3.79. The molecule has 0 amide bonds. The maximum absolute atomic E-state index is 4.29. The van der Waals surface area contributed by atoms with Crippen molar-refractivity contribution in [1.82, 2.24) is 9.97 Å². The first-order chi connectivity index (χ1) is 5.75. The van der Waals surface area contributed by atoms with Crippen molar-refractivity contribution >= 4 is 22.7 Å². The lowest BCUT2D eigenvalue weighted by atomic mass is 10.6. The molecule has 2 aromatic heterocycles. The second kappa shape index (κ2) is 2.95. The molecule has 0 saturated carbocycles. The summed E-state index contributed by atoms with van der Waals surface area (Å²) < 4.78 is 0. The van der Waals surface area contributed by atoms with E-state index in [1.165, 1.54) is 9.75 Å². The van der Waals surface area contributed by atoms with Crippen LogP contribution in [0.3, 0.4) is 0 Å². The molecule has 2 rings (SSSR count). The van der Waals surface area contributed by atoms with Gasteiger partial charge in [-0.1, -0.05) is 0 Å². The Bertz CT molecular complexity index is 351. The zero-order valence-corrected chi connectivity index (χ0v) is 8.50. The van der Waals surface area contributed by atoms with Gasteiger partial charge >= 0.3 is 0 Å². The number of thiazole rings is 2. The SMILES string of the molecule is Cc1cnc(-c2cnc(C)s2)s1. The third kappa shape index (κ3) is 1.40. The molecule has 0 unspecified atom stereocenters. The van der Waals surface area contributed by atoms with E-state index in [4.69, 9.17) is 0 Å². The van der Waals surface area contributed by atoms with Crippen LogP contribution in [0.25, 0.3) is 9.88 Å². The molecule has 0 aliphatic heterocycles. The number of hydrogen-bond donors (Lipinski definition) is 0. The number of aromatic nitrogens is 2. The van der Waals surface area contributed by atoms with Gasteiger partial charge in [0.1, 0.15) is 5.01 Å². The van der Waals surface area contributed by atoms with Crippen molar-refractivity contribution in [1.29, 1.82) is 0 Å². The van der Waals surface area contributed by atoms with Crippen molar-refractivity contribution in [3.05, 3.63) is 22.3 Å². The van der Waals surface area contributed by atoms with Gasteiger partial charge in [0, 0.05) is 17.3 Å². The van der Waals surface area contributed by atoms with Crippen LogP contribution >= 0.6 is 22.7 Å². The topological polar surface area (TPSA) is 25.8 Å². The summed E-state index contributed by atoms with van der Waals surface area (Å²) >= 11 is 3.40. The minimum absolute atomic E-state index is 1.08. The Labute approximate surface area is 78.9 Å². The molecule has 0 bridgehead atoms. The molecule has 12 heavy (non-hydrogen) atoms. The fourth-order valence-corrected chi connectivity index (χ4v) is 2.52. The Morgan fingerprint density at radius 1 is 1.08 bits per heavy atom. The summed E-state index contributed by atoms with van der Waals surface area (Å²) in [7, 11) is 0. The van der Waals surface area contributed by atoms with E-state index in [0.29, 0.717) is 0 Å². The molecule has 0 atom stereocenters. The number of rotatable bonds is 1. The van der Waals surface area contributed by atoms with Gasteiger partial charge in [-0.15, -0.1) is 22.7 Å². The van der Waals surface area contributed by atoms with Crippen LogP contribution in [0.5, 0.6) is 0 Å². The second-order valence-electron chi connectivity index (χ2n) is 2.52. The van der Waals surface area contributed by atoms with E-state index >= 15 is 0 Å². The van der Waals surface area contributed by atoms with Crippen LogP contribution in [0.4, 0.5) is 0 Å². The summed E-state index contributed by atoms with van der Waals surface area (Å²) in [6.45, 7) is 4.07. The molecule has 0 radical (unpaired) electrons. The predicted molar refractivity (Wildman–Crippen MR) is 52.7 cm³/mol. The largest absolute Gasteiger partial charge is 0.249 e. The maximum atomic E-state index is 4.29. The van der Waals surface area contributed by atoms with Crippen LogP contribution in [0.2, 0.25) is 0 Å². The van der Waals surface area contributed by atoms with Gasteiger partial charge in [-0.05, 0) is 13.8 Å². The Morgan fingerprint density at radius 3 is 2.42 bits per heavy atom. The third-order valence-electron chi connectivity index (χ3n) is 1.45. The van der Waals surface area contributed by atoms with E-state index in [2.05, 4.69) is 16.9 Å². The summed E-state index contributed by atoms with van der Waals surface area (Å²) in [5, 5.41) is 2.18. The zero-order valence-electron chi connectivity index (χ0n) is 6.87. The third-order valence-corrected chi connectivity index (χ3v) is 3.45. The first-order valence-corrected chi connectivity index (χ1v) is 5.24. The summed E-state index contributed by atoms with van der Waals surface area (Å²) in [5.41, 5.74) is 0. The minimum Gasteiger partial charge on any atom is -0.249 e. The smallest absolute Gasteiger partial charge is 0.135 e. The normalized spacial score (nSPS) is 10.5. The van der Waals surface area contributed by atoms with Crippen molar-refractivity contribution in [2.75, 3.05) is 0 Å². The fraction of sp³-hybridized carbons (Fsp3) is 0.250. The van der Waals surface area contributed by atoms with Crippen molar-refractivity contribution < 1.29 is 0 Å². The van der Waals surface area contributed by atoms with Crippen LogP contribution in [-0.4, -0.2) is 9.97 Å². The van der Waals surface area contributed by atoms with Gasteiger partial charge < -0.3 is 0 Å². The first-order valence-electron chi connectivity index (χ1n) is 3.61. The van der Waals surface area contributed by atoms with Crippen molar-refractivity contribution in [2.24, 2.45) is 0 Å². The van der Waals surface area contributed by atoms with Gasteiger partial charge in [0.15, 0.2) is 0 Å². The van der Waals surface area contributed by atoms with E-state index in [-0.39, 0.29) is 0 Å². The highest BCUT2D eigenvalue weighted by Gasteiger charge is 2.04. The number of aryl methyl sites for hydroxylation is 2. The monoisotopic (exact) mass is 196 g/mol. The van der Waals surface area contributed by atoms with Crippen molar-refractivity contribution in [2.45, 2.75) is 13.8 Å². The molecule has 0 fully saturated rings. The van der Waals surface area contributed by atoms with Gasteiger partial charge in [0.2, 0.25) is 0 Å². The highest BCUT2D eigenvalue weighted by Crippen LogP contribution is 2.28. The molecule has 0 aliphatic carbocycles. The van der Waals surface area contributed by atoms with Gasteiger partial charge in [-0.25, -0.2) is 9.97 Å². The second-order valence-corrected chi connectivity index (χ2v) is 4.99. The number of hydrogen-bond acceptors (Lipinski definition) is 4. The van der Waals surface area contributed by atoms with E-state index in [9.17, 15) is 0 Å². The Balaban J connectivity index is 2.43. The summed E-state index contributed by atoms with van der Waals surface area (Å²) in [6, 6.07) is 0. The van der Waals surface area contributed by atoms with E-state index in [1.54, 1.807) is 22.7 Å². The van der Waals surface area contributed by atoms with Gasteiger partial charge in [-0.2, -0.15) is 0 Å². The Morgan fingerprint density at radius 2 is 1.92 bits per heavy atom. The molecule has 0 N–H and O–H groups in total. The molecule has 2 nitrogen and oxygen atoms in total. The Hall–Kier alpha value is -0.740. The molecule has 4 heteroatoms. The zero-order chi connectivity index (χ0) is 8.55. The standard InChI is InChI=1S/C8H8N2S2/c1-5-3-10-8(11-5)7-4-9-6(2)12-7/h3-4H,1-2H3. The van der Waals surface area contributed by atoms with Gasteiger partial charge in [-0.3, -0.25) is 0 Å². The van der Waals surface area contributed by atoms with E-state index in [1.807, 2.05) is 19.3 Å². The molecular weight excluding hydrogens is 188 g/mol. The fourth-order valence-electron chi connectivity index (χ4n) is 0.929. The van der Waals surface area contributed by atoms with Gasteiger partial charge in [0.05, 0.1) is 9.88 Å². The van der Waals surface area contributed by atoms with E-state index in [0.717, 1.165) is 10.0 Å². The highest BCUT2D eigenvalue weighted by molar-refractivity contribution is 7.21. The quantitative estimate of drug-likeness (QED) is 0.701. The molecule has 0 aromatic carbocycles. The molecule has 62 valence electrons. The van der Waals surface area contributed by atoms with Crippen molar-refractivity contribution in [3.63, 3.8) is 0 Å². The molecule has 0 aliphatic rings. The van der Waals surface area contributed by atoms with Crippen LogP contribution in [-0.2, 0) is 0 Å². The van der Waals surface area contributed by atoms with Crippen LogP contribution in [0, 0.1) is 13.8 Å². The molecule has 0 saturated heterocycles. The lowest BCUT2D eigenvalue weighted by Crippen LogP contribution is -1.64. The van der Waals surface area contributed by atoms with E-state index < -0.39 is 0 Å². The average Bonchev–Trinajstić information content (AvgIpc) is 2.58. The van der Waals surface area contributed by atoms with Crippen LogP contribution < -0.4 is 0 Å². The van der Waals surface area contributed by atoms with Crippen molar-refractivity contribution in [3.8, 4) is 9.88 Å². The lowest BCUT2D eigenvalue weighted by Gasteiger charge is -1.83. The lowest BCUT2D eigenvalue weighted by molar-refractivity contribution is 1.29. The minimum atomic E-state index is 1.08. The Kier molecular flexibility index (Phi) is 1.94. The average molecular weight is 196 g/mol. The van der Waals surface area contributed by atoms with Crippen LogP contribution in [0.1, 0.15) is 9.88 Å². The molecule has 0 spiro atoms. The summed E-state index contributed by atoms with van der Waals surface area (Å²) in [5.74, 6) is 0. The molecule has 2 aromatic rings. The van der Waals surface area contributed by atoms with Gasteiger partial charge in [0.25, 0.3) is 0 Å². The first kappa shape index (κ1) is 7.89. The van der Waals surface area contributed by atoms with Crippen LogP contribution in [0.15, 0.2) is 12.4 Å².